The van der Waals surface area contributed by atoms with Crippen molar-refractivity contribution in [2.45, 2.75) is 6.10 Å². The zero-order valence-corrected chi connectivity index (χ0v) is 11.6. The van der Waals surface area contributed by atoms with Crippen LogP contribution in [-0.4, -0.2) is 49.3 Å². The highest BCUT2D eigenvalue weighted by Gasteiger charge is 2.24. The first-order valence-corrected chi connectivity index (χ1v) is 6.73. The number of rotatable bonds is 4. The molecular weight excluding hydrogens is 276 g/mol. The van der Waals surface area contributed by atoms with Gasteiger partial charge < -0.3 is 19.4 Å². The molecule has 2 aromatic rings. The van der Waals surface area contributed by atoms with Crippen molar-refractivity contribution < 1.29 is 14.1 Å². The Labute approximate surface area is 120 Å². The van der Waals surface area contributed by atoms with Crippen LogP contribution in [0.4, 0.5) is 11.7 Å². The van der Waals surface area contributed by atoms with E-state index in [1.807, 2.05) is 11.9 Å². The van der Waals surface area contributed by atoms with Gasteiger partial charge in [0.2, 0.25) is 0 Å². The van der Waals surface area contributed by atoms with E-state index < -0.39 is 4.92 Å². The highest BCUT2D eigenvalue weighted by molar-refractivity contribution is 5.77. The topological polar surface area (TPSA) is 93.7 Å². The Balaban J connectivity index is 1.85. The molecule has 0 radical (unpaired) electrons. The lowest BCUT2D eigenvalue weighted by molar-refractivity contribution is -0.384. The molecule has 1 aliphatic heterocycles. The molecule has 3 rings (SSSR count). The Morgan fingerprint density at radius 2 is 2.43 bits per heavy atom. The number of hydrogen-bond donors (Lipinski definition) is 1. The van der Waals surface area contributed by atoms with E-state index in [-0.39, 0.29) is 11.8 Å². The number of nitrogens with one attached hydrogen (secondary N) is 1. The molecule has 0 amide bonds. The van der Waals surface area contributed by atoms with Crippen LogP contribution in [0.1, 0.15) is 0 Å². The number of benzene rings is 1. The largest absolute Gasteiger partial charge is 0.423 e. The van der Waals surface area contributed by atoms with Gasteiger partial charge in [-0.15, -0.1) is 0 Å². The summed E-state index contributed by atoms with van der Waals surface area (Å²) in [5.74, 6) is 0. The Morgan fingerprint density at radius 3 is 3.19 bits per heavy atom. The highest BCUT2D eigenvalue weighted by atomic mass is 16.6. The predicted molar refractivity (Wildman–Crippen MR) is 76.5 cm³/mol. The van der Waals surface area contributed by atoms with E-state index >= 15 is 0 Å². The van der Waals surface area contributed by atoms with Crippen LogP contribution in [0.15, 0.2) is 22.6 Å². The smallest absolute Gasteiger partial charge is 0.298 e. The third kappa shape index (κ3) is 2.81. The number of fused-ring (bicyclic) bond motifs is 1. The minimum Gasteiger partial charge on any atom is -0.423 e. The number of likely N-dealkylation sites (N-methyl/N-ethyl adjacent to an activating group) is 1. The standard InChI is InChI=1S/C13H16N4O4/c1-14-7-10-8-16(4-5-20-10)13-15-11-3-2-9(17(18)19)6-12(11)21-13/h2-3,6,10,14H,4-5,7-8H2,1H3. The summed E-state index contributed by atoms with van der Waals surface area (Å²) in [5, 5.41) is 13.9. The number of aromatic nitrogens is 1. The van der Waals surface area contributed by atoms with Crippen LogP contribution in [0.25, 0.3) is 11.1 Å². The van der Waals surface area contributed by atoms with Gasteiger partial charge in [0.15, 0.2) is 5.58 Å². The minimum atomic E-state index is -0.445. The molecule has 112 valence electrons. The number of ether oxygens (including phenoxy) is 1. The predicted octanol–water partition coefficient (Wildman–Crippen LogP) is 1.16. The van der Waals surface area contributed by atoms with E-state index in [0.717, 1.165) is 6.54 Å². The van der Waals surface area contributed by atoms with Gasteiger partial charge in [0.05, 0.1) is 23.7 Å². The normalized spacial score (nSPS) is 19.1. The lowest BCUT2D eigenvalue weighted by atomic mass is 10.3. The molecule has 1 unspecified atom stereocenters. The summed E-state index contributed by atoms with van der Waals surface area (Å²) < 4.78 is 11.3. The average Bonchev–Trinajstić information content (AvgIpc) is 2.91. The molecule has 1 atom stereocenters. The Hall–Kier alpha value is -2.19. The number of non-ortho nitro benzene ring substituents is 1. The zero-order chi connectivity index (χ0) is 14.8. The minimum absolute atomic E-state index is 0.000219. The highest BCUT2D eigenvalue weighted by Crippen LogP contribution is 2.26. The van der Waals surface area contributed by atoms with Crippen LogP contribution in [0.5, 0.6) is 0 Å². The fraction of sp³-hybridized carbons (Fsp3) is 0.462. The number of nitro groups is 1. The van der Waals surface area contributed by atoms with Gasteiger partial charge >= 0.3 is 0 Å². The van der Waals surface area contributed by atoms with Crippen LogP contribution in [0.2, 0.25) is 0 Å². The Bertz CT molecular complexity index is 655. The fourth-order valence-corrected chi connectivity index (χ4v) is 2.39. The number of hydrogen-bond acceptors (Lipinski definition) is 7. The Kier molecular flexibility index (Phi) is 3.72. The van der Waals surface area contributed by atoms with Crippen LogP contribution in [-0.2, 0) is 4.74 Å². The van der Waals surface area contributed by atoms with E-state index in [1.54, 1.807) is 6.07 Å². The van der Waals surface area contributed by atoms with Crippen molar-refractivity contribution in [3.05, 3.63) is 28.3 Å². The maximum atomic E-state index is 10.8. The second kappa shape index (κ2) is 5.66. The molecule has 0 bridgehead atoms. The number of oxazole rings is 1. The maximum Gasteiger partial charge on any atom is 0.298 e. The quantitative estimate of drug-likeness (QED) is 0.667. The first-order chi connectivity index (χ1) is 10.2. The van der Waals surface area contributed by atoms with Crippen molar-refractivity contribution >= 4 is 22.8 Å². The molecule has 0 saturated carbocycles. The van der Waals surface area contributed by atoms with Gasteiger partial charge in [-0.2, -0.15) is 4.98 Å². The third-order valence-corrected chi connectivity index (χ3v) is 3.41. The summed E-state index contributed by atoms with van der Waals surface area (Å²) in [7, 11) is 1.88. The van der Waals surface area contributed by atoms with Crippen LogP contribution in [0, 0.1) is 10.1 Å². The molecule has 0 aliphatic carbocycles. The molecule has 1 saturated heterocycles. The molecule has 21 heavy (non-hydrogen) atoms. The summed E-state index contributed by atoms with van der Waals surface area (Å²) in [4.78, 5) is 16.7. The van der Waals surface area contributed by atoms with Crippen molar-refractivity contribution in [1.29, 1.82) is 0 Å². The summed E-state index contributed by atoms with van der Waals surface area (Å²) in [5.41, 5.74) is 1.04. The van der Waals surface area contributed by atoms with Crippen molar-refractivity contribution in [2.75, 3.05) is 38.2 Å². The van der Waals surface area contributed by atoms with Crippen LogP contribution < -0.4 is 10.2 Å². The lowest BCUT2D eigenvalue weighted by Gasteiger charge is -2.31. The molecule has 0 spiro atoms. The van der Waals surface area contributed by atoms with E-state index in [1.165, 1.54) is 12.1 Å². The van der Waals surface area contributed by atoms with Crippen molar-refractivity contribution in [3.63, 3.8) is 0 Å². The lowest BCUT2D eigenvalue weighted by Crippen LogP contribution is -2.46. The summed E-state index contributed by atoms with van der Waals surface area (Å²) in [6.45, 7) is 2.72. The van der Waals surface area contributed by atoms with Gasteiger partial charge in [-0.3, -0.25) is 10.1 Å². The third-order valence-electron chi connectivity index (χ3n) is 3.41. The molecule has 1 fully saturated rings. The van der Waals surface area contributed by atoms with Gasteiger partial charge in [-0.05, 0) is 13.1 Å². The van der Waals surface area contributed by atoms with E-state index in [2.05, 4.69) is 10.3 Å². The summed E-state index contributed by atoms with van der Waals surface area (Å²) in [6, 6.07) is 4.91. The number of anilines is 1. The molecule has 1 aliphatic rings. The molecule has 1 N–H and O–H groups in total. The number of morpholine rings is 1. The number of nitro benzene ring substituents is 1. The van der Waals surface area contributed by atoms with Crippen molar-refractivity contribution in [2.24, 2.45) is 0 Å². The monoisotopic (exact) mass is 292 g/mol. The summed E-state index contributed by atoms with van der Waals surface area (Å²) >= 11 is 0. The van der Waals surface area contributed by atoms with Crippen LogP contribution >= 0.6 is 0 Å². The molecule has 8 nitrogen and oxygen atoms in total. The van der Waals surface area contributed by atoms with Crippen molar-refractivity contribution in [3.8, 4) is 0 Å². The van der Waals surface area contributed by atoms with Crippen LogP contribution in [0.3, 0.4) is 0 Å². The van der Waals surface area contributed by atoms with Gasteiger partial charge in [0.1, 0.15) is 5.52 Å². The van der Waals surface area contributed by atoms with E-state index in [4.69, 9.17) is 9.15 Å². The SMILES string of the molecule is CNCC1CN(c2nc3ccc([N+](=O)[O-])cc3o2)CCO1. The molecule has 1 aromatic heterocycles. The maximum absolute atomic E-state index is 10.8. The summed E-state index contributed by atoms with van der Waals surface area (Å²) in [6.07, 6.45) is 0.0769. The van der Waals surface area contributed by atoms with Crippen molar-refractivity contribution in [1.82, 2.24) is 10.3 Å². The number of nitrogens with zero attached hydrogens (tertiary/aromatic N) is 3. The molecule has 1 aromatic carbocycles. The average molecular weight is 292 g/mol. The first-order valence-electron chi connectivity index (χ1n) is 6.73. The molecular formula is C13H16N4O4. The molecule has 2 heterocycles. The van der Waals surface area contributed by atoms with Gasteiger partial charge in [-0.1, -0.05) is 0 Å². The first kappa shape index (κ1) is 13.8. The van der Waals surface area contributed by atoms with Gasteiger partial charge in [0.25, 0.3) is 11.7 Å². The van der Waals surface area contributed by atoms with Gasteiger partial charge in [-0.25, -0.2) is 0 Å². The fourth-order valence-electron chi connectivity index (χ4n) is 2.39. The zero-order valence-electron chi connectivity index (χ0n) is 11.6. The second-order valence-corrected chi connectivity index (χ2v) is 4.90. The Morgan fingerprint density at radius 1 is 1.57 bits per heavy atom. The van der Waals surface area contributed by atoms with E-state index in [9.17, 15) is 10.1 Å². The second-order valence-electron chi connectivity index (χ2n) is 4.90. The van der Waals surface area contributed by atoms with E-state index in [0.29, 0.717) is 36.8 Å². The molecule has 8 heteroatoms. The van der Waals surface area contributed by atoms with Gasteiger partial charge in [0, 0.05) is 25.7 Å².